The second-order valence-corrected chi connectivity index (χ2v) is 1.94. The van der Waals surface area contributed by atoms with Gasteiger partial charge in [0.15, 0.2) is 6.19 Å². The van der Waals surface area contributed by atoms with Gasteiger partial charge in [0.2, 0.25) is 0 Å². The molecule has 0 amide bonds. The maximum absolute atomic E-state index is 8.22. The summed E-state index contributed by atoms with van der Waals surface area (Å²) < 4.78 is 0. The van der Waals surface area contributed by atoms with Gasteiger partial charge in [-0.05, 0) is 12.8 Å². The number of rotatable bonds is 1. The SMILES string of the molecule is CN(C#N)C1CC1. The average Bonchev–Trinajstić information content (AvgIpc) is 2.44. The maximum Gasteiger partial charge on any atom is 0.179 e. The van der Waals surface area contributed by atoms with E-state index in [0.717, 1.165) is 0 Å². The monoisotopic (exact) mass is 96.1 g/mol. The van der Waals surface area contributed by atoms with Gasteiger partial charge in [-0.25, -0.2) is 0 Å². The van der Waals surface area contributed by atoms with Crippen LogP contribution in [-0.2, 0) is 0 Å². The highest BCUT2D eigenvalue weighted by Gasteiger charge is 2.24. The molecule has 1 saturated carbocycles. The van der Waals surface area contributed by atoms with Gasteiger partial charge in [0.25, 0.3) is 0 Å². The molecule has 0 aromatic heterocycles. The molecule has 0 bridgehead atoms. The highest BCUT2D eigenvalue weighted by Crippen LogP contribution is 2.24. The third kappa shape index (κ3) is 0.833. The van der Waals surface area contributed by atoms with E-state index in [1.54, 1.807) is 4.90 Å². The predicted octanol–water partition coefficient (Wildman–Crippen LogP) is 0.562. The van der Waals surface area contributed by atoms with E-state index in [1.807, 2.05) is 7.05 Å². The Labute approximate surface area is 43.3 Å². The lowest BCUT2D eigenvalue weighted by Gasteiger charge is -2.02. The van der Waals surface area contributed by atoms with Crippen LogP contribution >= 0.6 is 0 Å². The van der Waals surface area contributed by atoms with Gasteiger partial charge in [-0.15, -0.1) is 0 Å². The van der Waals surface area contributed by atoms with Crippen LogP contribution < -0.4 is 0 Å². The van der Waals surface area contributed by atoms with Crippen LogP contribution in [0.4, 0.5) is 0 Å². The summed E-state index contributed by atoms with van der Waals surface area (Å²) in [4.78, 5) is 1.71. The van der Waals surface area contributed by atoms with Gasteiger partial charge in [0.05, 0.1) is 0 Å². The van der Waals surface area contributed by atoms with Crippen molar-refractivity contribution in [2.24, 2.45) is 0 Å². The smallest absolute Gasteiger partial charge is 0.179 e. The van der Waals surface area contributed by atoms with Gasteiger partial charge in [-0.1, -0.05) is 0 Å². The van der Waals surface area contributed by atoms with E-state index in [4.69, 9.17) is 5.26 Å². The first-order chi connectivity index (χ1) is 3.34. The molecule has 0 heterocycles. The highest BCUT2D eigenvalue weighted by atomic mass is 15.1. The van der Waals surface area contributed by atoms with E-state index in [9.17, 15) is 0 Å². The van der Waals surface area contributed by atoms with Crippen molar-refractivity contribution in [1.29, 1.82) is 5.26 Å². The minimum atomic E-state index is 0.588. The lowest BCUT2D eigenvalue weighted by molar-refractivity contribution is 0.465. The van der Waals surface area contributed by atoms with Crippen LogP contribution in [0.25, 0.3) is 0 Å². The average molecular weight is 96.1 g/mol. The number of hydrogen-bond donors (Lipinski definition) is 0. The summed E-state index contributed by atoms with van der Waals surface area (Å²) in [6.45, 7) is 0. The lowest BCUT2D eigenvalue weighted by Crippen LogP contribution is -2.12. The van der Waals surface area contributed by atoms with Crippen LogP contribution in [0.1, 0.15) is 12.8 Å². The van der Waals surface area contributed by atoms with E-state index in [1.165, 1.54) is 12.8 Å². The molecule has 2 heteroatoms. The first kappa shape index (κ1) is 4.45. The second kappa shape index (κ2) is 1.42. The Morgan fingerprint density at radius 3 is 2.43 bits per heavy atom. The zero-order valence-corrected chi connectivity index (χ0v) is 4.39. The van der Waals surface area contributed by atoms with Gasteiger partial charge in [-0.2, -0.15) is 5.26 Å². The molecule has 38 valence electrons. The van der Waals surface area contributed by atoms with Crippen LogP contribution in [0.3, 0.4) is 0 Å². The molecule has 0 radical (unpaired) electrons. The summed E-state index contributed by atoms with van der Waals surface area (Å²) in [5.41, 5.74) is 0. The molecule has 0 aromatic carbocycles. The summed E-state index contributed by atoms with van der Waals surface area (Å²) >= 11 is 0. The number of nitriles is 1. The normalized spacial score (nSPS) is 18.3. The van der Waals surface area contributed by atoms with Crippen LogP contribution in [0.15, 0.2) is 0 Å². The Morgan fingerprint density at radius 2 is 2.29 bits per heavy atom. The largest absolute Gasteiger partial charge is 0.311 e. The van der Waals surface area contributed by atoms with Crippen molar-refractivity contribution in [2.45, 2.75) is 18.9 Å². The molecule has 1 aliphatic carbocycles. The molecule has 0 spiro atoms. The van der Waals surface area contributed by atoms with Crippen molar-refractivity contribution < 1.29 is 0 Å². The Hall–Kier alpha value is -0.710. The Bertz CT molecular complexity index is 99.1. The van der Waals surface area contributed by atoms with Gasteiger partial charge in [0, 0.05) is 13.1 Å². The first-order valence-corrected chi connectivity index (χ1v) is 2.47. The molecular formula is C5H8N2. The molecule has 0 aromatic rings. The van der Waals surface area contributed by atoms with Crippen LogP contribution in [0.5, 0.6) is 0 Å². The Morgan fingerprint density at radius 1 is 1.71 bits per heavy atom. The molecule has 0 N–H and O–H groups in total. The number of hydrogen-bond acceptors (Lipinski definition) is 2. The molecule has 2 nitrogen and oxygen atoms in total. The summed E-state index contributed by atoms with van der Waals surface area (Å²) in [6.07, 6.45) is 4.48. The maximum atomic E-state index is 8.22. The molecule has 1 aliphatic rings. The molecule has 7 heavy (non-hydrogen) atoms. The fraction of sp³-hybridized carbons (Fsp3) is 0.800. The van der Waals surface area contributed by atoms with Gasteiger partial charge in [0.1, 0.15) is 0 Å². The van der Waals surface area contributed by atoms with E-state index in [-0.39, 0.29) is 0 Å². The zero-order chi connectivity index (χ0) is 5.28. The van der Waals surface area contributed by atoms with E-state index in [0.29, 0.717) is 6.04 Å². The van der Waals surface area contributed by atoms with Gasteiger partial charge >= 0.3 is 0 Å². The third-order valence-corrected chi connectivity index (χ3v) is 1.25. The molecular weight excluding hydrogens is 88.1 g/mol. The van der Waals surface area contributed by atoms with E-state index in [2.05, 4.69) is 6.19 Å². The third-order valence-electron chi connectivity index (χ3n) is 1.25. The van der Waals surface area contributed by atoms with Gasteiger partial charge in [-0.3, -0.25) is 0 Å². The fourth-order valence-electron chi connectivity index (χ4n) is 0.543. The fourth-order valence-corrected chi connectivity index (χ4v) is 0.543. The predicted molar refractivity (Wildman–Crippen MR) is 26.4 cm³/mol. The summed E-state index contributed by atoms with van der Waals surface area (Å²) in [7, 11) is 1.83. The quantitative estimate of drug-likeness (QED) is 0.352. The highest BCUT2D eigenvalue weighted by molar-refractivity contribution is 4.88. The van der Waals surface area contributed by atoms with E-state index >= 15 is 0 Å². The Balaban J connectivity index is 2.27. The first-order valence-electron chi connectivity index (χ1n) is 2.47. The van der Waals surface area contributed by atoms with Crippen LogP contribution in [-0.4, -0.2) is 18.0 Å². The summed E-state index contributed by atoms with van der Waals surface area (Å²) in [5, 5.41) is 8.22. The van der Waals surface area contributed by atoms with Crippen molar-refractivity contribution in [3.05, 3.63) is 0 Å². The lowest BCUT2D eigenvalue weighted by atomic mass is 10.6. The standard InChI is InChI=1S/C5H8N2/c1-7(4-6)5-2-3-5/h5H,2-3H2,1H3. The van der Waals surface area contributed by atoms with Crippen LogP contribution in [0, 0.1) is 11.5 Å². The molecule has 1 fully saturated rings. The minimum Gasteiger partial charge on any atom is -0.311 e. The second-order valence-electron chi connectivity index (χ2n) is 1.94. The summed E-state index contributed by atoms with van der Waals surface area (Å²) in [5.74, 6) is 0. The molecule has 0 aliphatic heterocycles. The van der Waals surface area contributed by atoms with Crippen molar-refractivity contribution >= 4 is 0 Å². The zero-order valence-electron chi connectivity index (χ0n) is 4.39. The van der Waals surface area contributed by atoms with Gasteiger partial charge < -0.3 is 4.90 Å². The topological polar surface area (TPSA) is 27.0 Å². The van der Waals surface area contributed by atoms with Crippen molar-refractivity contribution in [3.8, 4) is 6.19 Å². The molecule has 1 rings (SSSR count). The molecule has 0 saturated heterocycles. The van der Waals surface area contributed by atoms with Crippen molar-refractivity contribution in [3.63, 3.8) is 0 Å². The molecule has 0 atom stereocenters. The number of nitrogens with zero attached hydrogens (tertiary/aromatic N) is 2. The minimum absolute atomic E-state index is 0.588. The Kier molecular flexibility index (Phi) is 0.900. The van der Waals surface area contributed by atoms with E-state index < -0.39 is 0 Å². The molecule has 0 unspecified atom stereocenters. The summed E-state index contributed by atoms with van der Waals surface area (Å²) in [6, 6.07) is 0.588. The van der Waals surface area contributed by atoms with Crippen molar-refractivity contribution in [1.82, 2.24) is 4.90 Å². The van der Waals surface area contributed by atoms with Crippen LogP contribution in [0.2, 0.25) is 0 Å². The van der Waals surface area contributed by atoms with Crippen molar-refractivity contribution in [2.75, 3.05) is 7.05 Å².